The second-order valence-corrected chi connectivity index (χ2v) is 13.8. The van der Waals surface area contributed by atoms with Crippen molar-refractivity contribution in [2.24, 2.45) is 28.6 Å². The van der Waals surface area contributed by atoms with Gasteiger partial charge in [-0.15, -0.1) is 0 Å². The lowest BCUT2D eigenvalue weighted by Crippen LogP contribution is -2.62. The molecule has 2 heterocycles. The van der Waals surface area contributed by atoms with Gasteiger partial charge in [-0.3, -0.25) is 9.48 Å². The molecule has 0 amide bonds. The van der Waals surface area contributed by atoms with Crippen LogP contribution in [0.1, 0.15) is 57.2 Å². The fourth-order valence-electron chi connectivity index (χ4n) is 9.14. The topological polar surface area (TPSA) is 93.2 Å². The van der Waals surface area contributed by atoms with Crippen molar-refractivity contribution < 1.29 is 19.4 Å². The maximum absolute atomic E-state index is 13.6. The first-order chi connectivity index (χ1) is 19.0. The molecule has 4 aliphatic carbocycles. The molecule has 40 heavy (non-hydrogen) atoms. The Balaban J connectivity index is 1.19. The van der Waals surface area contributed by atoms with Crippen molar-refractivity contribution in [2.75, 3.05) is 0 Å². The number of Topliss-reactive ketones (excluding diaryl/α,β-unsaturated/α-hetero) is 1. The number of allylic oxidation sites excluding steroid dienone is 1. The molecule has 7 atom stereocenters. The highest BCUT2D eigenvalue weighted by atomic mass is 79.9. The molecule has 2 N–H and O–H groups in total. The van der Waals surface area contributed by atoms with E-state index in [4.69, 9.17) is 0 Å². The standard InChI is InChI=1S/C31H34BrFN4O3/c1-29-12-18-14-35-37(22-6-4-21(33)5-7-22)25(18)11-19(29)3-8-23-24-9-10-31(40,30(24,2)13-26(38)28(23)29)27(39)17-36-16-20(32)15-34-36/h4-7,11,14-16,23-24,26,28,38,40H,3,8-10,12-13,17H2,1-2H3/t23?,24?,26-,28?,29?,30?,31-/m0/s1. The predicted octanol–water partition coefficient (Wildman–Crippen LogP) is 5.12. The van der Waals surface area contributed by atoms with Gasteiger partial charge in [0.2, 0.25) is 0 Å². The first-order valence-corrected chi connectivity index (χ1v) is 15.0. The molecule has 210 valence electrons. The second-order valence-electron chi connectivity index (χ2n) is 12.9. The van der Waals surface area contributed by atoms with Crippen LogP contribution in [-0.2, 0) is 17.8 Å². The third-order valence-electron chi connectivity index (χ3n) is 11.0. The van der Waals surface area contributed by atoms with Crippen molar-refractivity contribution in [3.05, 3.63) is 70.0 Å². The van der Waals surface area contributed by atoms with Gasteiger partial charge in [0.15, 0.2) is 5.78 Å². The first-order valence-electron chi connectivity index (χ1n) is 14.2. The summed E-state index contributed by atoms with van der Waals surface area (Å²) in [5, 5.41) is 32.7. The third-order valence-corrected chi connectivity index (χ3v) is 11.4. The Hall–Kier alpha value is -2.62. The molecule has 3 aromatic rings. The number of carbonyl (C=O) groups excluding carboxylic acids is 1. The maximum Gasteiger partial charge on any atom is 0.186 e. The van der Waals surface area contributed by atoms with E-state index in [0.29, 0.717) is 12.8 Å². The monoisotopic (exact) mass is 608 g/mol. The largest absolute Gasteiger partial charge is 0.393 e. The van der Waals surface area contributed by atoms with E-state index < -0.39 is 17.1 Å². The summed E-state index contributed by atoms with van der Waals surface area (Å²) in [7, 11) is 0. The van der Waals surface area contributed by atoms with Gasteiger partial charge in [0.25, 0.3) is 0 Å². The highest BCUT2D eigenvalue weighted by Crippen LogP contribution is 2.67. The average molecular weight is 610 g/mol. The Morgan fingerprint density at radius 1 is 1.18 bits per heavy atom. The van der Waals surface area contributed by atoms with E-state index in [9.17, 15) is 19.4 Å². The van der Waals surface area contributed by atoms with E-state index >= 15 is 0 Å². The van der Waals surface area contributed by atoms with Crippen LogP contribution in [0.4, 0.5) is 4.39 Å². The van der Waals surface area contributed by atoms with Gasteiger partial charge in [-0.05, 0) is 114 Å². The lowest BCUT2D eigenvalue weighted by molar-refractivity contribution is -0.180. The summed E-state index contributed by atoms with van der Waals surface area (Å²) in [5.74, 6) is -0.0993. The molecule has 0 aliphatic heterocycles. The lowest BCUT2D eigenvalue weighted by atomic mass is 9.45. The van der Waals surface area contributed by atoms with Gasteiger partial charge < -0.3 is 10.2 Å². The van der Waals surface area contributed by atoms with Crippen LogP contribution < -0.4 is 0 Å². The summed E-state index contributed by atoms with van der Waals surface area (Å²) in [4.78, 5) is 13.6. The molecular weight excluding hydrogens is 575 g/mol. The molecule has 4 aliphatic rings. The second kappa shape index (κ2) is 8.94. The highest BCUT2D eigenvalue weighted by molar-refractivity contribution is 9.10. The Labute approximate surface area is 241 Å². The Morgan fingerprint density at radius 3 is 2.67 bits per heavy atom. The molecule has 5 unspecified atom stereocenters. The molecule has 0 radical (unpaired) electrons. The number of benzene rings is 1. The van der Waals surface area contributed by atoms with Crippen molar-refractivity contribution in [2.45, 2.75) is 70.6 Å². The number of hydrogen-bond donors (Lipinski definition) is 2. The summed E-state index contributed by atoms with van der Waals surface area (Å²) < 4.78 is 17.8. The van der Waals surface area contributed by atoms with Crippen molar-refractivity contribution >= 4 is 27.8 Å². The zero-order valence-electron chi connectivity index (χ0n) is 22.7. The van der Waals surface area contributed by atoms with Crippen LogP contribution in [0.15, 0.2) is 52.9 Å². The minimum atomic E-state index is -1.49. The number of aliphatic hydroxyl groups is 2. The van der Waals surface area contributed by atoms with Crippen LogP contribution in [0.3, 0.4) is 0 Å². The van der Waals surface area contributed by atoms with Crippen LogP contribution in [0.5, 0.6) is 0 Å². The average Bonchev–Trinajstić information content (AvgIpc) is 3.58. The minimum Gasteiger partial charge on any atom is -0.393 e. The molecule has 2 aromatic heterocycles. The minimum absolute atomic E-state index is 0.0139. The molecule has 0 spiro atoms. The number of fused-ring (bicyclic) bond motifs is 6. The smallest absolute Gasteiger partial charge is 0.186 e. The molecule has 9 heteroatoms. The molecule has 7 nitrogen and oxygen atoms in total. The van der Waals surface area contributed by atoms with Gasteiger partial charge >= 0.3 is 0 Å². The molecular formula is C31H34BrFN4O3. The van der Waals surface area contributed by atoms with Gasteiger partial charge in [0.05, 0.1) is 34.4 Å². The molecule has 3 fully saturated rings. The molecule has 0 saturated heterocycles. The third kappa shape index (κ3) is 3.63. The van der Waals surface area contributed by atoms with E-state index in [2.05, 4.69) is 39.1 Å². The van der Waals surface area contributed by atoms with Gasteiger partial charge in [0, 0.05) is 11.6 Å². The number of aliphatic hydroxyl groups excluding tert-OH is 1. The van der Waals surface area contributed by atoms with Crippen LogP contribution in [-0.4, -0.2) is 47.3 Å². The molecule has 7 rings (SSSR count). The van der Waals surface area contributed by atoms with E-state index in [1.165, 1.54) is 17.7 Å². The molecule has 1 aromatic carbocycles. The first kappa shape index (κ1) is 26.3. The van der Waals surface area contributed by atoms with Crippen LogP contribution in [0.25, 0.3) is 11.8 Å². The maximum atomic E-state index is 13.6. The van der Waals surface area contributed by atoms with Crippen molar-refractivity contribution in [3.8, 4) is 5.69 Å². The number of carbonyl (C=O) groups is 1. The summed E-state index contributed by atoms with van der Waals surface area (Å²) in [6, 6.07) is 6.38. The zero-order valence-corrected chi connectivity index (χ0v) is 24.3. The number of aromatic nitrogens is 4. The Kier molecular flexibility index (Phi) is 5.87. The van der Waals surface area contributed by atoms with E-state index in [1.54, 1.807) is 29.2 Å². The molecule has 0 bridgehead atoms. The SMILES string of the molecule is CC12Cc3cnn(-c4ccc(F)cc4)c3C=C1CCC1C2[C@@H](O)CC2(C)C1CC[C@]2(O)C(=O)Cn1cc(Br)cn1. The fourth-order valence-corrected chi connectivity index (χ4v) is 9.47. The van der Waals surface area contributed by atoms with Gasteiger partial charge in [0.1, 0.15) is 18.0 Å². The van der Waals surface area contributed by atoms with E-state index in [-0.39, 0.29) is 41.3 Å². The zero-order chi connectivity index (χ0) is 28.0. The normalized spacial score (nSPS) is 36.3. The summed E-state index contributed by atoms with van der Waals surface area (Å²) in [5.41, 5.74) is 1.87. The summed E-state index contributed by atoms with van der Waals surface area (Å²) in [6.45, 7) is 4.32. The molecule has 3 saturated carbocycles. The quantitative estimate of drug-likeness (QED) is 0.429. The van der Waals surface area contributed by atoms with Crippen LogP contribution in [0.2, 0.25) is 0 Å². The van der Waals surface area contributed by atoms with Gasteiger partial charge in [-0.1, -0.05) is 19.4 Å². The van der Waals surface area contributed by atoms with E-state index in [1.807, 2.05) is 17.8 Å². The summed E-state index contributed by atoms with van der Waals surface area (Å²) in [6.07, 6.45) is 11.1. The Morgan fingerprint density at radius 2 is 1.95 bits per heavy atom. The predicted molar refractivity (Wildman–Crippen MR) is 151 cm³/mol. The van der Waals surface area contributed by atoms with Crippen LogP contribution in [0, 0.1) is 34.4 Å². The summed E-state index contributed by atoms with van der Waals surface area (Å²) >= 11 is 3.38. The lowest BCUT2D eigenvalue weighted by Gasteiger charge is -2.60. The van der Waals surface area contributed by atoms with Crippen molar-refractivity contribution in [1.82, 2.24) is 19.6 Å². The fraction of sp³-hybridized carbons (Fsp3) is 0.516. The van der Waals surface area contributed by atoms with Gasteiger partial charge in [-0.2, -0.15) is 10.2 Å². The van der Waals surface area contributed by atoms with Crippen LogP contribution >= 0.6 is 15.9 Å². The number of halogens is 2. The van der Waals surface area contributed by atoms with Crippen molar-refractivity contribution in [3.63, 3.8) is 0 Å². The highest BCUT2D eigenvalue weighted by Gasteiger charge is 2.68. The van der Waals surface area contributed by atoms with E-state index in [0.717, 1.165) is 47.1 Å². The Bertz CT molecular complexity index is 1530. The number of hydrogen-bond acceptors (Lipinski definition) is 5. The van der Waals surface area contributed by atoms with Gasteiger partial charge in [-0.25, -0.2) is 9.07 Å². The number of rotatable bonds is 4. The number of nitrogens with zero attached hydrogens (tertiary/aromatic N) is 4. The van der Waals surface area contributed by atoms with Crippen molar-refractivity contribution in [1.29, 1.82) is 0 Å². The number of ketones is 1.